The van der Waals surface area contributed by atoms with Crippen molar-refractivity contribution in [2.45, 2.75) is 32.1 Å². The van der Waals surface area contributed by atoms with Crippen LogP contribution in [0.15, 0.2) is 36.5 Å². The van der Waals surface area contributed by atoms with E-state index in [4.69, 9.17) is 5.11 Å². The highest BCUT2D eigenvalue weighted by atomic mass is 16.4. The van der Waals surface area contributed by atoms with Crippen LogP contribution in [0.25, 0.3) is 10.9 Å². The van der Waals surface area contributed by atoms with Gasteiger partial charge < -0.3 is 15.5 Å². The number of rotatable bonds is 9. The Morgan fingerprint density at radius 3 is 2.52 bits per heavy atom. The number of para-hydroxylation sites is 1. The SMILES string of the molecule is O=C(O)CCCCCC(C(=O)O)C(=O)Nc1cccc2cccnc12. The van der Waals surface area contributed by atoms with Gasteiger partial charge in [0.2, 0.25) is 5.91 Å². The molecule has 1 heterocycles. The number of benzene rings is 1. The summed E-state index contributed by atoms with van der Waals surface area (Å²) in [4.78, 5) is 38.4. The van der Waals surface area contributed by atoms with Crippen LogP contribution in [0.4, 0.5) is 5.69 Å². The number of unbranched alkanes of at least 4 members (excludes halogenated alkanes) is 2. The highest BCUT2D eigenvalue weighted by molar-refractivity contribution is 6.07. The van der Waals surface area contributed by atoms with Crippen LogP contribution in [0.3, 0.4) is 0 Å². The summed E-state index contributed by atoms with van der Waals surface area (Å²) in [6.07, 6.45) is 3.33. The first-order chi connectivity index (χ1) is 12.0. The first kappa shape index (κ1) is 18.4. The fourth-order valence-corrected chi connectivity index (χ4v) is 2.59. The smallest absolute Gasteiger partial charge is 0.316 e. The molecule has 3 N–H and O–H groups in total. The Kier molecular flexibility index (Phi) is 6.45. The van der Waals surface area contributed by atoms with E-state index >= 15 is 0 Å². The molecule has 1 aromatic carbocycles. The average molecular weight is 344 g/mol. The number of carbonyl (C=O) groups excluding carboxylic acids is 1. The summed E-state index contributed by atoms with van der Waals surface area (Å²) in [5.74, 6) is -3.84. The van der Waals surface area contributed by atoms with Gasteiger partial charge in [0.15, 0.2) is 0 Å². The maximum atomic E-state index is 12.4. The van der Waals surface area contributed by atoms with Crippen molar-refractivity contribution in [3.8, 4) is 0 Å². The van der Waals surface area contributed by atoms with Gasteiger partial charge in [-0.05, 0) is 25.0 Å². The van der Waals surface area contributed by atoms with Gasteiger partial charge in [0, 0.05) is 18.0 Å². The number of anilines is 1. The lowest BCUT2D eigenvalue weighted by molar-refractivity contribution is -0.146. The lowest BCUT2D eigenvalue weighted by atomic mass is 9.99. The highest BCUT2D eigenvalue weighted by Gasteiger charge is 2.26. The number of carboxylic acids is 2. The van der Waals surface area contributed by atoms with Gasteiger partial charge in [-0.3, -0.25) is 19.4 Å². The lowest BCUT2D eigenvalue weighted by Crippen LogP contribution is -2.29. The second-order valence-corrected chi connectivity index (χ2v) is 5.75. The summed E-state index contributed by atoms with van der Waals surface area (Å²) < 4.78 is 0. The van der Waals surface area contributed by atoms with Gasteiger partial charge in [-0.1, -0.05) is 31.0 Å². The maximum Gasteiger partial charge on any atom is 0.316 e. The minimum Gasteiger partial charge on any atom is -0.481 e. The first-order valence-electron chi connectivity index (χ1n) is 8.08. The number of pyridine rings is 1. The summed E-state index contributed by atoms with van der Waals surface area (Å²) in [5.41, 5.74) is 1.07. The van der Waals surface area contributed by atoms with Gasteiger partial charge in [0.25, 0.3) is 0 Å². The Bertz CT molecular complexity index is 770. The molecule has 0 radical (unpaired) electrons. The molecule has 0 aliphatic rings. The third-order valence-electron chi connectivity index (χ3n) is 3.89. The molecule has 1 unspecified atom stereocenters. The fourth-order valence-electron chi connectivity index (χ4n) is 2.59. The average Bonchev–Trinajstić information content (AvgIpc) is 2.57. The van der Waals surface area contributed by atoms with Crippen LogP contribution in [0.1, 0.15) is 32.1 Å². The van der Waals surface area contributed by atoms with Crippen molar-refractivity contribution < 1.29 is 24.6 Å². The van der Waals surface area contributed by atoms with E-state index in [2.05, 4.69) is 10.3 Å². The number of aromatic nitrogens is 1. The molecule has 0 bridgehead atoms. The summed E-state index contributed by atoms with van der Waals surface area (Å²) in [7, 11) is 0. The number of carbonyl (C=O) groups is 3. The van der Waals surface area contributed by atoms with Crippen molar-refractivity contribution in [2.75, 3.05) is 5.32 Å². The van der Waals surface area contributed by atoms with Crippen molar-refractivity contribution in [1.29, 1.82) is 0 Å². The van der Waals surface area contributed by atoms with E-state index in [9.17, 15) is 19.5 Å². The maximum absolute atomic E-state index is 12.4. The normalized spacial score (nSPS) is 11.8. The molecule has 7 heteroatoms. The summed E-state index contributed by atoms with van der Waals surface area (Å²) in [6.45, 7) is 0. The van der Waals surface area contributed by atoms with E-state index in [0.29, 0.717) is 30.5 Å². The zero-order valence-electron chi connectivity index (χ0n) is 13.6. The van der Waals surface area contributed by atoms with Crippen LogP contribution in [-0.4, -0.2) is 33.0 Å². The second-order valence-electron chi connectivity index (χ2n) is 5.75. The Morgan fingerprint density at radius 1 is 1.04 bits per heavy atom. The molecule has 1 atom stereocenters. The molecule has 1 amide bonds. The highest BCUT2D eigenvalue weighted by Crippen LogP contribution is 2.22. The zero-order chi connectivity index (χ0) is 18.2. The number of hydrogen-bond acceptors (Lipinski definition) is 4. The monoisotopic (exact) mass is 344 g/mol. The van der Waals surface area contributed by atoms with Crippen LogP contribution in [-0.2, 0) is 14.4 Å². The van der Waals surface area contributed by atoms with Gasteiger partial charge in [0.05, 0.1) is 11.2 Å². The summed E-state index contributed by atoms with van der Waals surface area (Å²) >= 11 is 0. The molecule has 132 valence electrons. The van der Waals surface area contributed by atoms with E-state index in [0.717, 1.165) is 5.39 Å². The predicted molar refractivity (Wildman–Crippen MR) is 92.2 cm³/mol. The number of hydrogen-bond donors (Lipinski definition) is 3. The Balaban J connectivity index is 2.00. The zero-order valence-corrected chi connectivity index (χ0v) is 13.6. The molecule has 25 heavy (non-hydrogen) atoms. The van der Waals surface area contributed by atoms with E-state index in [1.807, 2.05) is 12.1 Å². The molecule has 0 aliphatic heterocycles. The molecular formula is C18H20N2O5. The molecule has 0 spiro atoms. The summed E-state index contributed by atoms with van der Waals surface area (Å²) in [6, 6.07) is 8.94. The second kappa shape index (κ2) is 8.77. The number of amides is 1. The van der Waals surface area contributed by atoms with E-state index < -0.39 is 23.8 Å². The van der Waals surface area contributed by atoms with Crippen LogP contribution in [0, 0.1) is 5.92 Å². The quantitative estimate of drug-likeness (QED) is 0.476. The fraction of sp³-hybridized carbons (Fsp3) is 0.333. The van der Waals surface area contributed by atoms with Crippen LogP contribution in [0.2, 0.25) is 0 Å². The molecule has 0 saturated heterocycles. The van der Waals surface area contributed by atoms with Gasteiger partial charge in [-0.25, -0.2) is 0 Å². The van der Waals surface area contributed by atoms with Crippen molar-refractivity contribution in [3.05, 3.63) is 36.5 Å². The Hall–Kier alpha value is -2.96. The standard InChI is InChI=1S/C18H20N2O5/c21-15(22)10-3-1-2-8-13(18(24)25)17(23)20-14-9-4-6-12-7-5-11-19-16(12)14/h4-7,9,11,13H,1-3,8,10H2,(H,20,23)(H,21,22)(H,24,25). The third-order valence-corrected chi connectivity index (χ3v) is 3.89. The number of nitrogens with zero attached hydrogens (tertiary/aromatic N) is 1. The molecule has 0 aliphatic carbocycles. The largest absolute Gasteiger partial charge is 0.481 e. The number of fused-ring (bicyclic) bond motifs is 1. The van der Waals surface area contributed by atoms with Crippen LogP contribution in [0.5, 0.6) is 0 Å². The summed E-state index contributed by atoms with van der Waals surface area (Å²) in [5, 5.41) is 21.4. The van der Waals surface area contributed by atoms with Crippen LogP contribution < -0.4 is 5.32 Å². The Labute approximate surface area is 144 Å². The molecule has 1 aromatic heterocycles. The van der Waals surface area contributed by atoms with Gasteiger partial charge in [0.1, 0.15) is 5.92 Å². The van der Waals surface area contributed by atoms with Crippen molar-refractivity contribution in [1.82, 2.24) is 4.98 Å². The third kappa shape index (κ3) is 5.27. The molecular weight excluding hydrogens is 324 g/mol. The predicted octanol–water partition coefficient (Wildman–Crippen LogP) is 2.91. The number of nitrogens with one attached hydrogen (secondary N) is 1. The molecule has 0 fully saturated rings. The first-order valence-corrected chi connectivity index (χ1v) is 8.08. The van der Waals surface area contributed by atoms with E-state index in [-0.39, 0.29) is 12.8 Å². The Morgan fingerprint density at radius 2 is 1.80 bits per heavy atom. The molecule has 2 rings (SSSR count). The lowest BCUT2D eigenvalue weighted by Gasteiger charge is -2.13. The minimum absolute atomic E-state index is 0.0472. The molecule has 7 nitrogen and oxygen atoms in total. The van der Waals surface area contributed by atoms with Gasteiger partial charge in [-0.2, -0.15) is 0 Å². The van der Waals surface area contributed by atoms with Crippen LogP contribution >= 0.6 is 0 Å². The number of carboxylic acid groups (broad SMARTS) is 2. The number of aliphatic carboxylic acids is 2. The van der Waals surface area contributed by atoms with Crippen molar-refractivity contribution in [3.63, 3.8) is 0 Å². The van der Waals surface area contributed by atoms with Crippen molar-refractivity contribution in [2.24, 2.45) is 5.92 Å². The topological polar surface area (TPSA) is 117 Å². The molecule has 0 saturated carbocycles. The van der Waals surface area contributed by atoms with Gasteiger partial charge >= 0.3 is 11.9 Å². The minimum atomic E-state index is -1.19. The van der Waals surface area contributed by atoms with Crippen molar-refractivity contribution >= 4 is 34.4 Å². The van der Waals surface area contributed by atoms with E-state index in [1.54, 1.807) is 24.4 Å². The van der Waals surface area contributed by atoms with Gasteiger partial charge in [-0.15, -0.1) is 0 Å². The molecule has 2 aromatic rings. The van der Waals surface area contributed by atoms with E-state index in [1.165, 1.54) is 0 Å².